The summed E-state index contributed by atoms with van der Waals surface area (Å²) in [5.41, 5.74) is 3.31. The first-order valence-corrected chi connectivity index (χ1v) is 10.9. The molecule has 0 amide bonds. The van der Waals surface area contributed by atoms with Crippen LogP contribution in [0.15, 0.2) is 23.8 Å². The third kappa shape index (κ3) is 5.92. The summed E-state index contributed by atoms with van der Waals surface area (Å²) in [5, 5.41) is 10.3. The van der Waals surface area contributed by atoms with Crippen molar-refractivity contribution in [2.75, 3.05) is 27.4 Å². The lowest BCUT2D eigenvalue weighted by Gasteiger charge is -2.50. The van der Waals surface area contributed by atoms with Gasteiger partial charge in [-0.3, -0.25) is 0 Å². The first-order chi connectivity index (χ1) is 12.9. The lowest BCUT2D eigenvalue weighted by molar-refractivity contribution is -0.0297. The fraction of sp³-hybridized carbons (Fsp3) is 0.833. The van der Waals surface area contributed by atoms with E-state index in [0.29, 0.717) is 13.2 Å². The van der Waals surface area contributed by atoms with Crippen molar-refractivity contribution in [3.05, 3.63) is 23.8 Å². The lowest BCUT2D eigenvalue weighted by Crippen LogP contribution is -2.44. The van der Waals surface area contributed by atoms with Crippen LogP contribution in [0.2, 0.25) is 0 Å². The zero-order chi connectivity index (χ0) is 20.4. The zero-order valence-corrected chi connectivity index (χ0v) is 18.7. The van der Waals surface area contributed by atoms with Crippen molar-refractivity contribution >= 4 is 0 Å². The number of aliphatic hydroxyl groups is 1. The molecule has 0 radical (unpaired) electrons. The molecule has 0 aliphatic heterocycles. The Bertz CT molecular complexity index is 466. The number of aliphatic hydroxyl groups excluding tert-OH is 1. The third-order valence-electron chi connectivity index (χ3n) is 6.84. The summed E-state index contributed by atoms with van der Waals surface area (Å²) in [6, 6.07) is 0. The zero-order valence-electron chi connectivity index (χ0n) is 18.7. The minimum absolute atomic E-state index is 0.0531. The van der Waals surface area contributed by atoms with Gasteiger partial charge in [-0.2, -0.15) is 0 Å². The molecule has 158 valence electrons. The van der Waals surface area contributed by atoms with Crippen molar-refractivity contribution < 1.29 is 14.6 Å². The molecule has 0 spiro atoms. The standard InChI is InChI=1S/C17H26O.C4H10O2.C3H8/c1-4-12-11(2)5-6-14-13(12)9-10-17(3)15(14)7-8-16(17)18;1-5-3-4-6-2;1-3-2/h4,13-16,18H,1,5-10H2,2-3H3;3-4H2,1-2H3;3H2,1-2H3. The first-order valence-electron chi connectivity index (χ1n) is 10.9. The van der Waals surface area contributed by atoms with E-state index in [-0.39, 0.29) is 11.5 Å². The highest BCUT2D eigenvalue weighted by atomic mass is 16.5. The molecular weight excluding hydrogens is 336 g/mol. The summed E-state index contributed by atoms with van der Waals surface area (Å²) >= 11 is 0. The Labute approximate surface area is 168 Å². The second-order valence-electron chi connectivity index (χ2n) is 8.69. The van der Waals surface area contributed by atoms with E-state index in [0.717, 1.165) is 24.2 Å². The second-order valence-corrected chi connectivity index (χ2v) is 8.69. The smallest absolute Gasteiger partial charge is 0.0696 e. The summed E-state index contributed by atoms with van der Waals surface area (Å²) in [5.74, 6) is 2.28. The predicted octanol–water partition coefficient (Wildman–Crippen LogP) is 5.78. The Morgan fingerprint density at radius 1 is 1.11 bits per heavy atom. The quantitative estimate of drug-likeness (QED) is 0.628. The van der Waals surface area contributed by atoms with Gasteiger partial charge in [-0.25, -0.2) is 0 Å². The Balaban J connectivity index is 0.000000343. The van der Waals surface area contributed by atoms with E-state index < -0.39 is 0 Å². The molecule has 1 N–H and O–H groups in total. The molecule has 2 saturated carbocycles. The van der Waals surface area contributed by atoms with Crippen LogP contribution >= 0.6 is 0 Å². The molecule has 3 aliphatic carbocycles. The van der Waals surface area contributed by atoms with E-state index in [1.54, 1.807) is 19.8 Å². The van der Waals surface area contributed by atoms with Crippen molar-refractivity contribution in [3.63, 3.8) is 0 Å². The van der Waals surface area contributed by atoms with Gasteiger partial charge in [0.15, 0.2) is 0 Å². The van der Waals surface area contributed by atoms with Crippen molar-refractivity contribution in [2.24, 2.45) is 23.2 Å². The molecular formula is C24H44O3. The summed E-state index contributed by atoms with van der Waals surface area (Å²) in [7, 11) is 3.30. The van der Waals surface area contributed by atoms with Crippen LogP contribution in [0.25, 0.3) is 0 Å². The van der Waals surface area contributed by atoms with Gasteiger partial charge in [-0.05, 0) is 74.2 Å². The van der Waals surface area contributed by atoms with Crippen LogP contribution in [0.4, 0.5) is 0 Å². The van der Waals surface area contributed by atoms with Crippen molar-refractivity contribution in [1.82, 2.24) is 0 Å². The van der Waals surface area contributed by atoms with E-state index >= 15 is 0 Å². The van der Waals surface area contributed by atoms with Crippen LogP contribution in [0.1, 0.15) is 72.6 Å². The van der Waals surface area contributed by atoms with Crippen LogP contribution in [0, 0.1) is 23.2 Å². The van der Waals surface area contributed by atoms with Gasteiger partial charge in [-0.15, -0.1) is 0 Å². The van der Waals surface area contributed by atoms with Crippen LogP contribution in [0.3, 0.4) is 0 Å². The molecule has 27 heavy (non-hydrogen) atoms. The lowest BCUT2D eigenvalue weighted by atomic mass is 9.55. The molecule has 3 aliphatic rings. The molecule has 0 aromatic heterocycles. The minimum Gasteiger partial charge on any atom is -0.393 e. The molecule has 0 saturated heterocycles. The number of hydrogen-bond donors (Lipinski definition) is 1. The average molecular weight is 381 g/mol. The number of rotatable bonds is 4. The Kier molecular flexibility index (Phi) is 10.9. The van der Waals surface area contributed by atoms with E-state index in [9.17, 15) is 5.11 Å². The molecule has 5 atom stereocenters. The van der Waals surface area contributed by atoms with E-state index in [4.69, 9.17) is 0 Å². The fourth-order valence-electron chi connectivity index (χ4n) is 5.38. The summed E-state index contributed by atoms with van der Waals surface area (Å²) in [4.78, 5) is 0. The minimum atomic E-state index is -0.0531. The molecule has 0 heterocycles. The van der Waals surface area contributed by atoms with Crippen LogP contribution in [-0.2, 0) is 9.47 Å². The van der Waals surface area contributed by atoms with Gasteiger partial charge in [0.25, 0.3) is 0 Å². The molecule has 0 aromatic rings. The van der Waals surface area contributed by atoms with Gasteiger partial charge in [0.1, 0.15) is 0 Å². The maximum Gasteiger partial charge on any atom is 0.0696 e. The van der Waals surface area contributed by atoms with Crippen LogP contribution in [-0.4, -0.2) is 38.6 Å². The highest BCUT2D eigenvalue weighted by Crippen LogP contribution is 2.60. The molecule has 2 fully saturated rings. The molecule has 0 aromatic carbocycles. The highest BCUT2D eigenvalue weighted by Gasteiger charge is 2.54. The molecule has 5 unspecified atom stereocenters. The topological polar surface area (TPSA) is 38.7 Å². The normalized spacial score (nSPS) is 34.5. The monoisotopic (exact) mass is 380 g/mol. The number of methoxy groups -OCH3 is 2. The van der Waals surface area contributed by atoms with E-state index in [1.807, 2.05) is 0 Å². The van der Waals surface area contributed by atoms with Gasteiger partial charge in [-0.1, -0.05) is 45.4 Å². The van der Waals surface area contributed by atoms with Crippen LogP contribution in [0.5, 0.6) is 0 Å². The maximum atomic E-state index is 10.3. The molecule has 3 heteroatoms. The molecule has 3 nitrogen and oxygen atoms in total. The van der Waals surface area contributed by atoms with Crippen LogP contribution < -0.4 is 0 Å². The van der Waals surface area contributed by atoms with Gasteiger partial charge < -0.3 is 14.6 Å². The summed E-state index contributed by atoms with van der Waals surface area (Å²) in [6.07, 6.45) is 10.6. The van der Waals surface area contributed by atoms with Gasteiger partial charge in [0.05, 0.1) is 19.3 Å². The van der Waals surface area contributed by atoms with Gasteiger partial charge in [0.2, 0.25) is 0 Å². The number of fused-ring (bicyclic) bond motifs is 3. The van der Waals surface area contributed by atoms with Gasteiger partial charge in [0, 0.05) is 14.2 Å². The number of hydrogen-bond acceptors (Lipinski definition) is 3. The molecule has 0 bridgehead atoms. The highest BCUT2D eigenvalue weighted by molar-refractivity contribution is 5.30. The van der Waals surface area contributed by atoms with Crippen molar-refractivity contribution in [2.45, 2.75) is 78.7 Å². The number of allylic oxidation sites excluding steroid dienone is 3. The molecule has 3 rings (SSSR count). The Hall–Kier alpha value is -0.640. The predicted molar refractivity (Wildman–Crippen MR) is 115 cm³/mol. The van der Waals surface area contributed by atoms with E-state index in [2.05, 4.69) is 49.8 Å². The SMILES string of the molecule is C=CC1=C(C)CCC2C1CCC1(C)C(O)CCC21.CCC.COCCOC. The largest absolute Gasteiger partial charge is 0.393 e. The van der Waals surface area contributed by atoms with Crippen molar-refractivity contribution in [3.8, 4) is 0 Å². The average Bonchev–Trinajstić information content (AvgIpc) is 2.96. The Morgan fingerprint density at radius 3 is 2.22 bits per heavy atom. The first kappa shape index (κ1) is 24.4. The summed E-state index contributed by atoms with van der Waals surface area (Å²) in [6.45, 7) is 14.3. The second kappa shape index (κ2) is 12.0. The number of ether oxygens (including phenoxy) is 2. The van der Waals surface area contributed by atoms with E-state index in [1.165, 1.54) is 44.1 Å². The fourth-order valence-corrected chi connectivity index (χ4v) is 5.38. The Morgan fingerprint density at radius 2 is 1.70 bits per heavy atom. The van der Waals surface area contributed by atoms with Crippen molar-refractivity contribution in [1.29, 1.82) is 0 Å². The van der Waals surface area contributed by atoms with Gasteiger partial charge >= 0.3 is 0 Å². The maximum absolute atomic E-state index is 10.3. The summed E-state index contributed by atoms with van der Waals surface area (Å²) < 4.78 is 9.31. The third-order valence-corrected chi connectivity index (χ3v) is 6.84.